The van der Waals surface area contributed by atoms with Crippen LogP contribution in [0.4, 0.5) is 0 Å². The zero-order valence-corrected chi connectivity index (χ0v) is 5.08. The minimum atomic E-state index is 0.268. The Morgan fingerprint density at radius 2 is 2.22 bits per heavy atom. The lowest BCUT2D eigenvalue weighted by Gasteiger charge is -1.87. The van der Waals surface area contributed by atoms with Gasteiger partial charge in [-0.3, -0.25) is 0 Å². The third-order valence-corrected chi connectivity index (χ3v) is 0.740. The van der Waals surface area contributed by atoms with E-state index < -0.39 is 0 Å². The number of aldehydes is 1. The Hall–Kier alpha value is -1.25. The molecule has 0 atom stereocenters. The molecule has 3 nitrogen and oxygen atoms in total. The Labute approximate surface area is 54.0 Å². The van der Waals surface area contributed by atoms with Crippen molar-refractivity contribution >= 4 is 6.29 Å². The summed E-state index contributed by atoms with van der Waals surface area (Å²) in [5.74, 6) is 0. The molecule has 0 saturated carbocycles. The molecule has 0 aromatic rings. The molecule has 4 N–H and O–H groups in total. The SMILES string of the molecule is N/C=C\C=C(/N)CC=O. The van der Waals surface area contributed by atoms with E-state index in [4.69, 9.17) is 11.5 Å². The van der Waals surface area contributed by atoms with Gasteiger partial charge in [-0.15, -0.1) is 0 Å². The normalized spacial score (nSPS) is 12.2. The first-order chi connectivity index (χ1) is 4.31. The average molecular weight is 126 g/mol. The highest BCUT2D eigenvalue weighted by atomic mass is 16.1. The molecular weight excluding hydrogens is 116 g/mol. The van der Waals surface area contributed by atoms with Crippen LogP contribution in [0.3, 0.4) is 0 Å². The lowest BCUT2D eigenvalue weighted by atomic mass is 10.3. The van der Waals surface area contributed by atoms with Crippen LogP contribution >= 0.6 is 0 Å². The van der Waals surface area contributed by atoms with E-state index in [0.29, 0.717) is 5.70 Å². The number of rotatable bonds is 3. The molecule has 0 unspecified atom stereocenters. The van der Waals surface area contributed by atoms with E-state index in [1.165, 1.54) is 6.20 Å². The summed E-state index contributed by atoms with van der Waals surface area (Å²) in [6, 6.07) is 0. The van der Waals surface area contributed by atoms with Crippen molar-refractivity contribution in [1.82, 2.24) is 0 Å². The van der Waals surface area contributed by atoms with Gasteiger partial charge in [0.1, 0.15) is 6.29 Å². The maximum Gasteiger partial charge on any atom is 0.125 e. The molecule has 0 radical (unpaired) electrons. The second kappa shape index (κ2) is 4.90. The van der Waals surface area contributed by atoms with Gasteiger partial charge in [0.05, 0.1) is 0 Å². The molecule has 0 amide bonds. The van der Waals surface area contributed by atoms with Crippen molar-refractivity contribution in [1.29, 1.82) is 0 Å². The predicted octanol–water partition coefficient (Wildman–Crippen LogP) is -0.110. The van der Waals surface area contributed by atoms with Crippen LogP contribution in [0.15, 0.2) is 24.0 Å². The summed E-state index contributed by atoms with van der Waals surface area (Å²) in [6.45, 7) is 0. The van der Waals surface area contributed by atoms with Gasteiger partial charge in [0, 0.05) is 12.1 Å². The van der Waals surface area contributed by atoms with Gasteiger partial charge in [0.25, 0.3) is 0 Å². The van der Waals surface area contributed by atoms with Crippen LogP contribution in [-0.2, 0) is 4.79 Å². The number of carbonyl (C=O) groups excluding carboxylic acids is 1. The zero-order chi connectivity index (χ0) is 7.11. The summed E-state index contributed by atoms with van der Waals surface area (Å²) < 4.78 is 0. The number of allylic oxidation sites excluding steroid dienone is 3. The molecule has 0 aliphatic carbocycles. The van der Waals surface area contributed by atoms with Crippen LogP contribution in [-0.4, -0.2) is 6.29 Å². The predicted molar refractivity (Wildman–Crippen MR) is 36.3 cm³/mol. The lowest BCUT2D eigenvalue weighted by molar-refractivity contribution is -0.107. The molecule has 0 bridgehead atoms. The number of hydrogen-bond donors (Lipinski definition) is 2. The van der Waals surface area contributed by atoms with Gasteiger partial charge in [0.15, 0.2) is 0 Å². The Morgan fingerprint density at radius 3 is 2.67 bits per heavy atom. The minimum Gasteiger partial charge on any atom is -0.405 e. The zero-order valence-electron chi connectivity index (χ0n) is 5.08. The van der Waals surface area contributed by atoms with Gasteiger partial charge in [0.2, 0.25) is 0 Å². The summed E-state index contributed by atoms with van der Waals surface area (Å²) in [4.78, 5) is 9.80. The van der Waals surface area contributed by atoms with Gasteiger partial charge in [-0.2, -0.15) is 0 Å². The number of carbonyl (C=O) groups is 1. The van der Waals surface area contributed by atoms with E-state index in [-0.39, 0.29) is 6.42 Å². The molecule has 0 aromatic carbocycles. The summed E-state index contributed by atoms with van der Waals surface area (Å²) in [7, 11) is 0. The van der Waals surface area contributed by atoms with Gasteiger partial charge < -0.3 is 16.3 Å². The van der Waals surface area contributed by atoms with E-state index in [1.807, 2.05) is 0 Å². The molecule has 0 saturated heterocycles. The standard InChI is InChI=1S/C6H10N2O/c7-4-1-2-6(8)3-5-9/h1-2,4-5H,3,7-8H2/b4-1-,6-2-. The van der Waals surface area contributed by atoms with Crippen LogP contribution in [0.25, 0.3) is 0 Å². The molecule has 3 heteroatoms. The summed E-state index contributed by atoms with van der Waals surface area (Å²) in [5.41, 5.74) is 10.8. The maximum absolute atomic E-state index is 9.80. The van der Waals surface area contributed by atoms with Crippen molar-refractivity contribution < 1.29 is 4.79 Å². The fourth-order valence-corrected chi connectivity index (χ4v) is 0.343. The molecule has 0 rings (SSSR count). The smallest absolute Gasteiger partial charge is 0.125 e. The van der Waals surface area contributed by atoms with Crippen LogP contribution < -0.4 is 11.5 Å². The Kier molecular flexibility index (Phi) is 4.22. The molecule has 0 aliphatic heterocycles. The Bertz CT molecular complexity index is 138. The highest BCUT2D eigenvalue weighted by molar-refractivity contribution is 5.53. The van der Waals surface area contributed by atoms with E-state index in [1.54, 1.807) is 12.2 Å². The van der Waals surface area contributed by atoms with Gasteiger partial charge in [-0.05, 0) is 18.4 Å². The number of nitrogens with two attached hydrogens (primary N) is 2. The molecule has 0 aromatic heterocycles. The quantitative estimate of drug-likeness (QED) is 0.409. The average Bonchev–Trinajstić information content (AvgIpc) is 1.85. The third-order valence-electron chi connectivity index (χ3n) is 0.740. The summed E-state index contributed by atoms with van der Waals surface area (Å²) >= 11 is 0. The van der Waals surface area contributed by atoms with E-state index in [9.17, 15) is 4.79 Å². The van der Waals surface area contributed by atoms with Gasteiger partial charge in [-0.25, -0.2) is 0 Å². The molecule has 0 fully saturated rings. The Balaban J connectivity index is 3.68. The van der Waals surface area contributed by atoms with Crippen LogP contribution in [0.5, 0.6) is 0 Å². The molecule has 0 heterocycles. The highest BCUT2D eigenvalue weighted by Crippen LogP contribution is 1.87. The van der Waals surface area contributed by atoms with Crippen molar-refractivity contribution in [2.45, 2.75) is 6.42 Å². The summed E-state index contributed by atoms with van der Waals surface area (Å²) in [6.07, 6.45) is 5.55. The van der Waals surface area contributed by atoms with Crippen molar-refractivity contribution in [3.05, 3.63) is 24.0 Å². The molecule has 0 aliphatic rings. The molecule has 50 valence electrons. The van der Waals surface area contributed by atoms with Crippen LogP contribution in [0.1, 0.15) is 6.42 Å². The number of hydrogen-bond acceptors (Lipinski definition) is 3. The van der Waals surface area contributed by atoms with Gasteiger partial charge in [-0.1, -0.05) is 0 Å². The van der Waals surface area contributed by atoms with Crippen LogP contribution in [0.2, 0.25) is 0 Å². The van der Waals surface area contributed by atoms with Crippen molar-refractivity contribution in [2.24, 2.45) is 11.5 Å². The van der Waals surface area contributed by atoms with E-state index in [2.05, 4.69) is 0 Å². The molecule has 9 heavy (non-hydrogen) atoms. The van der Waals surface area contributed by atoms with Gasteiger partial charge >= 0.3 is 0 Å². The second-order valence-electron chi connectivity index (χ2n) is 1.50. The van der Waals surface area contributed by atoms with E-state index in [0.717, 1.165) is 6.29 Å². The molecule has 0 spiro atoms. The second-order valence-corrected chi connectivity index (χ2v) is 1.50. The third kappa shape index (κ3) is 4.61. The van der Waals surface area contributed by atoms with Crippen molar-refractivity contribution in [2.75, 3.05) is 0 Å². The monoisotopic (exact) mass is 126 g/mol. The first-order valence-corrected chi connectivity index (χ1v) is 2.57. The minimum absolute atomic E-state index is 0.268. The lowest BCUT2D eigenvalue weighted by Crippen LogP contribution is -1.96. The van der Waals surface area contributed by atoms with Crippen LogP contribution in [0, 0.1) is 0 Å². The van der Waals surface area contributed by atoms with Crippen molar-refractivity contribution in [3.63, 3.8) is 0 Å². The topological polar surface area (TPSA) is 69.1 Å². The van der Waals surface area contributed by atoms with Crippen molar-refractivity contribution in [3.8, 4) is 0 Å². The maximum atomic E-state index is 9.80. The molecular formula is C6H10N2O. The first kappa shape index (κ1) is 7.75. The largest absolute Gasteiger partial charge is 0.405 e. The fourth-order valence-electron chi connectivity index (χ4n) is 0.343. The van der Waals surface area contributed by atoms with E-state index >= 15 is 0 Å². The highest BCUT2D eigenvalue weighted by Gasteiger charge is 1.82. The fraction of sp³-hybridized carbons (Fsp3) is 0.167. The summed E-state index contributed by atoms with van der Waals surface area (Å²) in [5, 5.41) is 0. The first-order valence-electron chi connectivity index (χ1n) is 2.57. The Morgan fingerprint density at radius 1 is 1.56 bits per heavy atom.